The SMILES string of the molecule is Cc1ccsc1C(=O)N(C1CC1)C1CCCc2ccccc21. The molecule has 0 saturated heterocycles. The van der Waals surface area contributed by atoms with Crippen molar-refractivity contribution in [2.75, 3.05) is 0 Å². The van der Waals surface area contributed by atoms with E-state index in [0.717, 1.165) is 36.1 Å². The van der Waals surface area contributed by atoms with Crippen molar-refractivity contribution in [1.82, 2.24) is 4.90 Å². The van der Waals surface area contributed by atoms with Gasteiger partial charge in [0, 0.05) is 6.04 Å². The second kappa shape index (κ2) is 5.54. The van der Waals surface area contributed by atoms with Gasteiger partial charge in [-0.3, -0.25) is 4.79 Å². The van der Waals surface area contributed by atoms with Crippen LogP contribution in [0.1, 0.15) is 58.1 Å². The Hall–Kier alpha value is -1.61. The first-order valence-corrected chi connectivity index (χ1v) is 9.08. The first kappa shape index (κ1) is 14.0. The Labute approximate surface area is 135 Å². The summed E-state index contributed by atoms with van der Waals surface area (Å²) in [6, 6.07) is 11.5. The molecule has 0 aliphatic heterocycles. The quantitative estimate of drug-likeness (QED) is 0.802. The standard InChI is InChI=1S/C19H21NOS/c1-13-11-12-22-18(13)19(21)20(15-9-10-15)17-8-4-6-14-5-2-3-7-16(14)17/h2-3,5,7,11-12,15,17H,4,6,8-10H2,1H3. The number of nitrogens with zero attached hydrogens (tertiary/aromatic N) is 1. The van der Waals surface area contributed by atoms with E-state index in [0.29, 0.717) is 6.04 Å². The first-order valence-electron chi connectivity index (χ1n) is 8.20. The molecule has 2 nitrogen and oxygen atoms in total. The lowest BCUT2D eigenvalue weighted by Crippen LogP contribution is -2.38. The van der Waals surface area contributed by atoms with Gasteiger partial charge in [-0.1, -0.05) is 24.3 Å². The third-order valence-electron chi connectivity index (χ3n) is 4.90. The number of hydrogen-bond acceptors (Lipinski definition) is 2. The largest absolute Gasteiger partial charge is 0.328 e. The van der Waals surface area contributed by atoms with Crippen molar-refractivity contribution in [2.24, 2.45) is 0 Å². The van der Waals surface area contributed by atoms with Gasteiger partial charge in [-0.15, -0.1) is 11.3 Å². The molecule has 1 heterocycles. The Morgan fingerprint density at radius 1 is 1.18 bits per heavy atom. The minimum Gasteiger partial charge on any atom is -0.328 e. The number of carbonyl (C=O) groups is 1. The molecule has 0 bridgehead atoms. The smallest absolute Gasteiger partial charge is 0.264 e. The highest BCUT2D eigenvalue weighted by Gasteiger charge is 2.40. The van der Waals surface area contributed by atoms with Crippen LogP contribution >= 0.6 is 11.3 Å². The highest BCUT2D eigenvalue weighted by atomic mass is 32.1. The lowest BCUT2D eigenvalue weighted by atomic mass is 9.86. The second-order valence-electron chi connectivity index (χ2n) is 6.48. The maximum absolute atomic E-state index is 13.2. The minimum atomic E-state index is 0.247. The molecule has 2 aliphatic carbocycles. The fourth-order valence-corrected chi connectivity index (χ4v) is 4.51. The summed E-state index contributed by atoms with van der Waals surface area (Å²) in [5.74, 6) is 0.247. The molecule has 0 spiro atoms. The van der Waals surface area contributed by atoms with Gasteiger partial charge >= 0.3 is 0 Å². The summed E-state index contributed by atoms with van der Waals surface area (Å²) in [4.78, 5) is 16.3. The van der Waals surface area contributed by atoms with E-state index in [9.17, 15) is 4.79 Å². The zero-order valence-corrected chi connectivity index (χ0v) is 13.7. The summed E-state index contributed by atoms with van der Waals surface area (Å²) >= 11 is 1.59. The van der Waals surface area contributed by atoms with E-state index < -0.39 is 0 Å². The van der Waals surface area contributed by atoms with E-state index in [1.807, 2.05) is 12.3 Å². The van der Waals surface area contributed by atoms with Crippen molar-refractivity contribution < 1.29 is 4.79 Å². The van der Waals surface area contributed by atoms with Crippen LogP contribution in [0.4, 0.5) is 0 Å². The highest BCUT2D eigenvalue weighted by molar-refractivity contribution is 7.12. The molecule has 114 valence electrons. The van der Waals surface area contributed by atoms with Crippen molar-refractivity contribution in [3.05, 3.63) is 57.3 Å². The van der Waals surface area contributed by atoms with E-state index in [1.165, 1.54) is 17.5 Å². The number of benzene rings is 1. The average Bonchev–Trinajstić information content (AvgIpc) is 3.28. The molecule has 22 heavy (non-hydrogen) atoms. The van der Waals surface area contributed by atoms with Gasteiger partial charge in [-0.2, -0.15) is 0 Å². The third kappa shape index (κ3) is 2.38. The third-order valence-corrected chi connectivity index (χ3v) is 5.91. The summed E-state index contributed by atoms with van der Waals surface area (Å²) < 4.78 is 0. The van der Waals surface area contributed by atoms with Crippen LogP contribution in [-0.2, 0) is 6.42 Å². The number of rotatable bonds is 3. The van der Waals surface area contributed by atoms with Crippen LogP contribution in [-0.4, -0.2) is 16.8 Å². The molecular formula is C19H21NOS. The van der Waals surface area contributed by atoms with Crippen molar-refractivity contribution in [1.29, 1.82) is 0 Å². The number of amides is 1. The van der Waals surface area contributed by atoms with Crippen LogP contribution in [0, 0.1) is 6.92 Å². The summed E-state index contributed by atoms with van der Waals surface area (Å²) in [7, 11) is 0. The predicted octanol–water partition coefficient (Wildman–Crippen LogP) is 4.74. The topological polar surface area (TPSA) is 20.3 Å². The molecule has 3 heteroatoms. The summed E-state index contributed by atoms with van der Waals surface area (Å²) in [5.41, 5.74) is 3.92. The Morgan fingerprint density at radius 3 is 2.73 bits per heavy atom. The van der Waals surface area contributed by atoms with E-state index in [2.05, 4.69) is 35.2 Å². The molecule has 1 atom stereocenters. The fourth-order valence-electron chi connectivity index (χ4n) is 3.64. The number of fused-ring (bicyclic) bond motifs is 1. The van der Waals surface area contributed by atoms with Gasteiger partial charge in [0.15, 0.2) is 0 Å². The minimum absolute atomic E-state index is 0.247. The normalized spacial score (nSPS) is 20.5. The Bertz CT molecular complexity index is 701. The molecule has 1 aromatic carbocycles. The van der Waals surface area contributed by atoms with Crippen molar-refractivity contribution in [2.45, 2.75) is 51.1 Å². The summed E-state index contributed by atoms with van der Waals surface area (Å²) in [6.45, 7) is 2.05. The summed E-state index contributed by atoms with van der Waals surface area (Å²) in [6.07, 6.45) is 5.76. The number of carbonyl (C=O) groups excluding carboxylic acids is 1. The van der Waals surface area contributed by atoms with Crippen LogP contribution in [0.25, 0.3) is 0 Å². The van der Waals surface area contributed by atoms with Crippen LogP contribution < -0.4 is 0 Å². The van der Waals surface area contributed by atoms with E-state index in [-0.39, 0.29) is 11.9 Å². The first-order chi connectivity index (χ1) is 10.8. The Morgan fingerprint density at radius 2 is 2.00 bits per heavy atom. The zero-order chi connectivity index (χ0) is 15.1. The Kier molecular flexibility index (Phi) is 3.53. The predicted molar refractivity (Wildman–Crippen MR) is 90.4 cm³/mol. The molecule has 1 amide bonds. The number of aryl methyl sites for hydroxylation is 2. The fraction of sp³-hybridized carbons (Fsp3) is 0.421. The van der Waals surface area contributed by atoms with Crippen LogP contribution in [0.3, 0.4) is 0 Å². The zero-order valence-electron chi connectivity index (χ0n) is 12.9. The summed E-state index contributed by atoms with van der Waals surface area (Å²) in [5, 5.41) is 2.03. The second-order valence-corrected chi connectivity index (χ2v) is 7.40. The maximum atomic E-state index is 13.2. The van der Waals surface area contributed by atoms with E-state index in [1.54, 1.807) is 11.3 Å². The van der Waals surface area contributed by atoms with Gasteiger partial charge in [-0.25, -0.2) is 0 Å². The van der Waals surface area contributed by atoms with E-state index >= 15 is 0 Å². The molecule has 1 saturated carbocycles. The lowest BCUT2D eigenvalue weighted by Gasteiger charge is -2.36. The molecular weight excluding hydrogens is 290 g/mol. The molecule has 2 aromatic rings. The number of thiophene rings is 1. The highest BCUT2D eigenvalue weighted by Crippen LogP contribution is 2.42. The monoisotopic (exact) mass is 311 g/mol. The van der Waals surface area contributed by atoms with Crippen molar-refractivity contribution in [3.8, 4) is 0 Å². The van der Waals surface area contributed by atoms with Gasteiger partial charge in [0.05, 0.1) is 10.9 Å². The van der Waals surface area contributed by atoms with Crippen LogP contribution in [0.5, 0.6) is 0 Å². The van der Waals surface area contributed by atoms with Crippen LogP contribution in [0.2, 0.25) is 0 Å². The van der Waals surface area contributed by atoms with Gasteiger partial charge in [-0.05, 0) is 67.2 Å². The molecule has 4 rings (SSSR count). The molecule has 1 unspecified atom stereocenters. The van der Waals surface area contributed by atoms with Crippen molar-refractivity contribution >= 4 is 17.2 Å². The average molecular weight is 311 g/mol. The van der Waals surface area contributed by atoms with Gasteiger partial charge in [0.2, 0.25) is 0 Å². The van der Waals surface area contributed by atoms with Gasteiger partial charge in [0.25, 0.3) is 5.91 Å². The molecule has 1 fully saturated rings. The maximum Gasteiger partial charge on any atom is 0.264 e. The molecule has 0 radical (unpaired) electrons. The van der Waals surface area contributed by atoms with Crippen molar-refractivity contribution in [3.63, 3.8) is 0 Å². The molecule has 0 N–H and O–H groups in total. The Balaban J connectivity index is 1.72. The molecule has 1 aromatic heterocycles. The lowest BCUT2D eigenvalue weighted by molar-refractivity contribution is 0.0642. The number of hydrogen-bond donors (Lipinski definition) is 0. The van der Waals surface area contributed by atoms with Gasteiger partial charge < -0.3 is 4.90 Å². The van der Waals surface area contributed by atoms with E-state index in [4.69, 9.17) is 0 Å². The van der Waals surface area contributed by atoms with Gasteiger partial charge in [0.1, 0.15) is 0 Å². The van der Waals surface area contributed by atoms with Crippen LogP contribution in [0.15, 0.2) is 35.7 Å². The molecule has 2 aliphatic rings.